The fourth-order valence-electron chi connectivity index (χ4n) is 1.72. The Labute approximate surface area is 75.7 Å². The average Bonchev–Trinajstić information content (AvgIpc) is 2.49. The normalized spacial score (nSPS) is 32.2. The van der Waals surface area contributed by atoms with Gasteiger partial charge in [0.15, 0.2) is 0 Å². The van der Waals surface area contributed by atoms with E-state index < -0.39 is 0 Å². The van der Waals surface area contributed by atoms with Crippen molar-refractivity contribution in [1.29, 1.82) is 0 Å². The second-order valence-electron chi connectivity index (χ2n) is 3.94. The molecular weight excluding hydrogens is 150 g/mol. The molecule has 0 radical (unpaired) electrons. The number of hydrogen-bond donors (Lipinski definition) is 1. The Morgan fingerprint density at radius 2 is 2.33 bits per heavy atom. The molecule has 0 saturated carbocycles. The first kappa shape index (κ1) is 10.0. The molecule has 72 valence electrons. The van der Waals surface area contributed by atoms with Gasteiger partial charge in [0.2, 0.25) is 0 Å². The van der Waals surface area contributed by atoms with Crippen LogP contribution in [0.4, 0.5) is 0 Å². The summed E-state index contributed by atoms with van der Waals surface area (Å²) in [5.74, 6) is 0. The maximum absolute atomic E-state index is 5.74. The van der Waals surface area contributed by atoms with Gasteiger partial charge in [-0.05, 0) is 39.7 Å². The van der Waals surface area contributed by atoms with Crippen LogP contribution in [0.2, 0.25) is 0 Å². The lowest BCUT2D eigenvalue weighted by atomic mass is 9.94. The number of hydrogen-bond acceptors (Lipinski definition) is 2. The van der Waals surface area contributed by atoms with Gasteiger partial charge in [-0.1, -0.05) is 6.92 Å². The Morgan fingerprint density at radius 3 is 2.83 bits per heavy atom. The van der Waals surface area contributed by atoms with E-state index in [4.69, 9.17) is 4.74 Å². The molecule has 1 fully saturated rings. The van der Waals surface area contributed by atoms with Crippen molar-refractivity contribution in [1.82, 2.24) is 5.32 Å². The molecule has 12 heavy (non-hydrogen) atoms. The molecular formula is C10H21NO. The van der Waals surface area contributed by atoms with Crippen molar-refractivity contribution in [2.75, 3.05) is 13.2 Å². The zero-order valence-electron chi connectivity index (χ0n) is 8.52. The van der Waals surface area contributed by atoms with Crippen LogP contribution in [-0.2, 0) is 4.74 Å². The third kappa shape index (κ3) is 2.20. The second kappa shape index (κ2) is 4.24. The first-order valence-electron chi connectivity index (χ1n) is 5.06. The van der Waals surface area contributed by atoms with Gasteiger partial charge >= 0.3 is 0 Å². The minimum absolute atomic E-state index is 0.0924. The molecule has 2 atom stereocenters. The molecule has 0 aromatic carbocycles. The van der Waals surface area contributed by atoms with Gasteiger partial charge in [-0.15, -0.1) is 0 Å². The quantitative estimate of drug-likeness (QED) is 0.698. The largest absolute Gasteiger partial charge is 0.374 e. The zero-order valence-corrected chi connectivity index (χ0v) is 8.52. The van der Waals surface area contributed by atoms with Crippen LogP contribution in [0.3, 0.4) is 0 Å². The van der Waals surface area contributed by atoms with Crippen molar-refractivity contribution >= 4 is 0 Å². The Kier molecular flexibility index (Phi) is 3.53. The molecule has 0 bridgehead atoms. The molecule has 0 amide bonds. The summed E-state index contributed by atoms with van der Waals surface area (Å²) in [5, 5.41) is 3.49. The van der Waals surface area contributed by atoms with Gasteiger partial charge in [0, 0.05) is 12.6 Å². The Morgan fingerprint density at radius 1 is 1.58 bits per heavy atom. The Hall–Kier alpha value is -0.0800. The van der Waals surface area contributed by atoms with Gasteiger partial charge in [-0.3, -0.25) is 0 Å². The molecule has 2 heteroatoms. The zero-order chi connectivity index (χ0) is 9.03. The van der Waals surface area contributed by atoms with Crippen LogP contribution in [0.25, 0.3) is 0 Å². The van der Waals surface area contributed by atoms with E-state index in [-0.39, 0.29) is 5.60 Å². The summed E-state index contributed by atoms with van der Waals surface area (Å²) < 4.78 is 5.74. The van der Waals surface area contributed by atoms with Gasteiger partial charge in [-0.2, -0.15) is 0 Å². The molecule has 1 rings (SSSR count). The van der Waals surface area contributed by atoms with E-state index in [0.717, 1.165) is 13.2 Å². The van der Waals surface area contributed by atoms with Crippen molar-refractivity contribution < 1.29 is 4.74 Å². The predicted molar refractivity (Wildman–Crippen MR) is 51.3 cm³/mol. The topological polar surface area (TPSA) is 21.3 Å². The first-order valence-corrected chi connectivity index (χ1v) is 5.06. The molecule has 1 aliphatic heterocycles. The average molecular weight is 171 g/mol. The van der Waals surface area contributed by atoms with Crippen LogP contribution >= 0.6 is 0 Å². The van der Waals surface area contributed by atoms with E-state index in [9.17, 15) is 0 Å². The number of rotatable bonds is 4. The van der Waals surface area contributed by atoms with E-state index in [1.807, 2.05) is 0 Å². The summed E-state index contributed by atoms with van der Waals surface area (Å²) in [6.45, 7) is 8.67. The maximum Gasteiger partial charge on any atom is 0.0804 e. The summed E-state index contributed by atoms with van der Waals surface area (Å²) in [7, 11) is 0. The van der Waals surface area contributed by atoms with Crippen molar-refractivity contribution in [3.8, 4) is 0 Å². The Bertz CT molecular complexity index is 130. The standard InChI is InChI=1S/C10H21NO/c1-4-7-11-9(2)10(3)6-5-8-12-10/h9,11H,4-8H2,1-3H3. The van der Waals surface area contributed by atoms with Crippen LogP contribution in [0, 0.1) is 0 Å². The molecule has 0 aliphatic carbocycles. The van der Waals surface area contributed by atoms with E-state index >= 15 is 0 Å². The minimum Gasteiger partial charge on any atom is -0.374 e. The number of nitrogens with one attached hydrogen (secondary N) is 1. The fourth-order valence-corrected chi connectivity index (χ4v) is 1.72. The van der Waals surface area contributed by atoms with Crippen molar-refractivity contribution in [3.05, 3.63) is 0 Å². The first-order chi connectivity index (χ1) is 5.69. The third-order valence-electron chi connectivity index (χ3n) is 2.87. The van der Waals surface area contributed by atoms with Crippen molar-refractivity contribution in [2.45, 2.75) is 51.7 Å². The monoisotopic (exact) mass is 171 g/mol. The summed E-state index contributed by atoms with van der Waals surface area (Å²) in [6.07, 6.45) is 3.61. The molecule has 0 spiro atoms. The molecule has 1 heterocycles. The van der Waals surface area contributed by atoms with Gasteiger partial charge < -0.3 is 10.1 Å². The van der Waals surface area contributed by atoms with Crippen LogP contribution in [-0.4, -0.2) is 24.8 Å². The van der Waals surface area contributed by atoms with Crippen molar-refractivity contribution in [2.24, 2.45) is 0 Å². The van der Waals surface area contributed by atoms with Crippen LogP contribution in [0.5, 0.6) is 0 Å². The van der Waals surface area contributed by atoms with E-state index in [1.54, 1.807) is 0 Å². The lowest BCUT2D eigenvalue weighted by molar-refractivity contribution is -0.00636. The highest BCUT2D eigenvalue weighted by molar-refractivity contribution is 4.89. The molecule has 0 aromatic rings. The van der Waals surface area contributed by atoms with Crippen LogP contribution in [0.15, 0.2) is 0 Å². The summed E-state index contributed by atoms with van der Waals surface area (Å²) in [6, 6.07) is 0.486. The molecule has 0 aromatic heterocycles. The molecule has 2 unspecified atom stereocenters. The summed E-state index contributed by atoms with van der Waals surface area (Å²) in [5.41, 5.74) is 0.0924. The lowest BCUT2D eigenvalue weighted by Gasteiger charge is -2.31. The maximum atomic E-state index is 5.74. The van der Waals surface area contributed by atoms with Crippen LogP contribution < -0.4 is 5.32 Å². The number of ether oxygens (including phenoxy) is 1. The van der Waals surface area contributed by atoms with E-state index in [2.05, 4.69) is 26.1 Å². The SMILES string of the molecule is CCCNC(C)C1(C)CCCO1. The predicted octanol–water partition coefficient (Wildman–Crippen LogP) is 1.94. The van der Waals surface area contributed by atoms with Gasteiger partial charge in [0.25, 0.3) is 0 Å². The second-order valence-corrected chi connectivity index (χ2v) is 3.94. The van der Waals surface area contributed by atoms with Gasteiger partial charge in [0.1, 0.15) is 0 Å². The molecule has 1 aliphatic rings. The van der Waals surface area contributed by atoms with Crippen molar-refractivity contribution in [3.63, 3.8) is 0 Å². The summed E-state index contributed by atoms with van der Waals surface area (Å²) in [4.78, 5) is 0. The highest BCUT2D eigenvalue weighted by atomic mass is 16.5. The Balaban J connectivity index is 2.33. The van der Waals surface area contributed by atoms with Gasteiger partial charge in [0.05, 0.1) is 5.60 Å². The third-order valence-corrected chi connectivity index (χ3v) is 2.87. The smallest absolute Gasteiger partial charge is 0.0804 e. The van der Waals surface area contributed by atoms with E-state index in [0.29, 0.717) is 6.04 Å². The van der Waals surface area contributed by atoms with Gasteiger partial charge in [-0.25, -0.2) is 0 Å². The minimum atomic E-state index is 0.0924. The molecule has 1 saturated heterocycles. The molecule has 2 nitrogen and oxygen atoms in total. The van der Waals surface area contributed by atoms with Crippen LogP contribution in [0.1, 0.15) is 40.0 Å². The lowest BCUT2D eigenvalue weighted by Crippen LogP contribution is -2.46. The highest BCUT2D eigenvalue weighted by Gasteiger charge is 2.34. The van der Waals surface area contributed by atoms with E-state index in [1.165, 1.54) is 19.3 Å². The molecule has 1 N–H and O–H groups in total. The highest BCUT2D eigenvalue weighted by Crippen LogP contribution is 2.28. The summed E-state index contributed by atoms with van der Waals surface area (Å²) >= 11 is 0. The fraction of sp³-hybridized carbons (Fsp3) is 1.00.